The summed E-state index contributed by atoms with van der Waals surface area (Å²) < 4.78 is 35.4. The van der Waals surface area contributed by atoms with Crippen LogP contribution in [0.1, 0.15) is 253 Å². The molecule has 0 saturated carbocycles. The molecule has 2 unspecified atom stereocenters. The van der Waals surface area contributed by atoms with Crippen molar-refractivity contribution >= 4 is 25.6 Å². The predicted octanol–water partition coefficient (Wildman–Crippen LogP) is 14.7. The van der Waals surface area contributed by atoms with Gasteiger partial charge in [0.2, 0.25) is 11.8 Å². The first-order valence-electron chi connectivity index (χ1n) is 28.8. The number of amides is 2. The predicted molar refractivity (Wildman–Crippen MR) is 294 cm³/mol. The van der Waals surface area contributed by atoms with E-state index in [0.717, 1.165) is 49.6 Å². The van der Waals surface area contributed by atoms with Gasteiger partial charge >= 0.3 is 13.8 Å². The van der Waals surface area contributed by atoms with Gasteiger partial charge in [0.05, 0.1) is 61.5 Å². The van der Waals surface area contributed by atoms with Crippen LogP contribution in [0.2, 0.25) is 0 Å². The van der Waals surface area contributed by atoms with E-state index in [-0.39, 0.29) is 37.5 Å². The minimum Gasteiger partial charge on any atom is -0.465 e. The summed E-state index contributed by atoms with van der Waals surface area (Å²) in [7, 11) is 9.21. The average Bonchev–Trinajstić information content (AvgIpc) is 3.31. The Morgan fingerprint density at radius 1 is 0.493 bits per heavy atom. The average molecular weight is 1010 g/mol. The van der Waals surface area contributed by atoms with Crippen LogP contribution in [0.25, 0.3) is 0 Å². The van der Waals surface area contributed by atoms with E-state index in [4.69, 9.17) is 18.3 Å². The van der Waals surface area contributed by atoms with E-state index in [2.05, 4.69) is 45.5 Å². The maximum atomic E-state index is 13.0. The Bertz CT molecular complexity index is 1190. The lowest BCUT2D eigenvalue weighted by Crippen LogP contribution is -2.46. The highest BCUT2D eigenvalue weighted by Gasteiger charge is 2.28. The number of esters is 1. The fourth-order valence-corrected chi connectivity index (χ4v) is 8.90. The first kappa shape index (κ1) is 71.7. The highest BCUT2D eigenvalue weighted by atomic mass is 31.2. The summed E-state index contributed by atoms with van der Waals surface area (Å²) >= 11 is 0. The molecule has 0 aliphatic rings. The lowest BCUT2D eigenvalue weighted by atomic mass is 10.1. The highest BCUT2D eigenvalue weighted by molar-refractivity contribution is 7.48. The van der Waals surface area contributed by atoms with Crippen LogP contribution in [0.15, 0.2) is 0 Å². The number of unbranched alkanes of at least 4 members (excludes halogenated alkanes) is 29. The zero-order valence-corrected chi connectivity index (χ0v) is 48.9. The number of quaternary nitrogens is 2. The van der Waals surface area contributed by atoms with Gasteiger partial charge in [-0.25, -0.2) is 9.36 Å². The first-order valence-corrected chi connectivity index (χ1v) is 30.2. The third kappa shape index (κ3) is 55.6. The van der Waals surface area contributed by atoms with E-state index in [1.165, 1.54) is 181 Å². The number of carbonyl (C=O) groups excluding carboxylic acids is 3. The van der Waals surface area contributed by atoms with E-state index in [9.17, 15) is 18.9 Å². The van der Waals surface area contributed by atoms with Crippen molar-refractivity contribution in [1.82, 2.24) is 10.6 Å². The molecule has 0 aromatic carbocycles. The molecule has 69 heavy (non-hydrogen) atoms. The lowest BCUT2D eigenvalue weighted by molar-refractivity contribution is -0.883. The van der Waals surface area contributed by atoms with Crippen molar-refractivity contribution < 1.29 is 46.2 Å². The van der Waals surface area contributed by atoms with E-state index in [1.807, 2.05) is 35.0 Å². The molecule has 0 rings (SSSR count). The van der Waals surface area contributed by atoms with Crippen molar-refractivity contribution in [3.63, 3.8) is 0 Å². The molecule has 0 aliphatic heterocycles. The molecule has 0 aromatic heterocycles. The maximum Gasteiger partial charge on any atom is 0.474 e. The summed E-state index contributed by atoms with van der Waals surface area (Å²) in [5, 5.41) is 5.93. The van der Waals surface area contributed by atoms with Gasteiger partial charge in [0.15, 0.2) is 6.54 Å². The van der Waals surface area contributed by atoms with Gasteiger partial charge in [-0.2, -0.15) is 0 Å². The molecular weight excluding hydrogens is 888 g/mol. The summed E-state index contributed by atoms with van der Waals surface area (Å²) in [5.74, 6) is -0.242. The number of rotatable bonds is 48. The summed E-state index contributed by atoms with van der Waals surface area (Å²) in [6.45, 7) is 13.3. The molecule has 0 heterocycles. The van der Waals surface area contributed by atoms with E-state index < -0.39 is 13.9 Å². The lowest BCUT2D eigenvalue weighted by Gasteiger charge is -2.28. The third-order valence-corrected chi connectivity index (χ3v) is 13.9. The Morgan fingerprint density at radius 2 is 0.855 bits per heavy atom. The van der Waals surface area contributed by atoms with Gasteiger partial charge in [-0.05, 0) is 25.7 Å². The Balaban J connectivity index is -0.00000165. The molecule has 0 fully saturated rings. The standard InChI is InChI=1S/C37H76N3O6P.C17H36NO2.C2H6/c1-7-9-11-13-15-17-19-21-23-25-27-29-36(41)38-33-35(34-46-47(43,44-6)45-32-31-40(3,4)5)39-37(42)30-28-26-24-22-20-18-16-14-12-10-8-2;1-5-6-7-8-9-10-11-12-13-14-15-18(2,3)16-17(19)20-4;1-2/h35H,7-34H2,1-6H3,(H-,38,39,41,42);5-16H2,1-4H3;1-2H3/q;+1;/p+1. The van der Waals surface area contributed by atoms with Gasteiger partial charge in [0.25, 0.3) is 0 Å². The molecule has 2 N–H and O–H groups in total. The molecular formula is C56H119N4O8P+2. The number of nitrogens with zero attached hydrogens (tertiary/aromatic N) is 2. The van der Waals surface area contributed by atoms with Gasteiger partial charge in [-0.15, -0.1) is 0 Å². The number of carbonyl (C=O) groups is 3. The third-order valence-electron chi connectivity index (χ3n) is 12.5. The van der Waals surface area contributed by atoms with Gasteiger partial charge in [0.1, 0.15) is 13.2 Å². The zero-order chi connectivity index (χ0) is 52.3. The number of ether oxygens (including phenoxy) is 1. The second-order valence-electron chi connectivity index (χ2n) is 21.0. The second-order valence-corrected chi connectivity index (χ2v) is 22.8. The molecule has 2 atom stereocenters. The monoisotopic (exact) mass is 1010 g/mol. The van der Waals surface area contributed by atoms with Crippen molar-refractivity contribution in [2.45, 2.75) is 259 Å². The molecule has 12 nitrogen and oxygen atoms in total. The van der Waals surface area contributed by atoms with Crippen LogP contribution in [0, 0.1) is 0 Å². The Hall–Kier alpha value is -1.56. The number of methoxy groups -OCH3 is 1. The number of phosphoric ester groups is 1. The largest absolute Gasteiger partial charge is 0.474 e. The van der Waals surface area contributed by atoms with E-state index in [1.54, 1.807) is 0 Å². The molecule has 0 aromatic rings. The van der Waals surface area contributed by atoms with Crippen LogP contribution in [-0.2, 0) is 37.3 Å². The molecule has 0 radical (unpaired) electrons. The van der Waals surface area contributed by atoms with Crippen molar-refractivity contribution in [2.24, 2.45) is 0 Å². The number of likely N-dealkylation sites (N-methyl/N-ethyl adjacent to an activating group) is 2. The Kier molecular flexibility index (Phi) is 53.3. The molecule has 0 aliphatic carbocycles. The molecule has 13 heteroatoms. The van der Waals surface area contributed by atoms with Gasteiger partial charge in [-0.3, -0.25) is 23.2 Å². The van der Waals surface area contributed by atoms with Crippen LogP contribution in [0.4, 0.5) is 0 Å². The summed E-state index contributed by atoms with van der Waals surface area (Å²) in [5.41, 5.74) is 0. The second kappa shape index (κ2) is 51.3. The summed E-state index contributed by atoms with van der Waals surface area (Å²) in [6.07, 6.45) is 41.5. The number of phosphoric acid groups is 1. The van der Waals surface area contributed by atoms with Gasteiger partial charge in [-0.1, -0.05) is 214 Å². The SMILES string of the molecule is CC.CCCCCCCCCCCCCC(=O)NCC(COP(=O)(OC)OCC[N+](C)(C)C)NC(=O)CCCCCCCCCCCCC.CCCCCCCCCCCC[N+](C)(C)CC(=O)OC. The number of hydrogen-bond donors (Lipinski definition) is 2. The summed E-state index contributed by atoms with van der Waals surface area (Å²) in [4.78, 5) is 36.7. The maximum absolute atomic E-state index is 13.0. The van der Waals surface area contributed by atoms with Gasteiger partial charge in [0, 0.05) is 26.5 Å². The first-order chi connectivity index (χ1) is 33.1. The van der Waals surface area contributed by atoms with Crippen LogP contribution in [0.5, 0.6) is 0 Å². The Labute approximate surface area is 428 Å². The van der Waals surface area contributed by atoms with Gasteiger partial charge < -0.3 is 24.3 Å². The minimum atomic E-state index is -3.79. The zero-order valence-electron chi connectivity index (χ0n) is 48.0. The topological polar surface area (TPSA) is 129 Å². The molecule has 414 valence electrons. The molecule has 2 amide bonds. The van der Waals surface area contributed by atoms with Crippen molar-refractivity contribution in [2.75, 3.05) is 88.9 Å². The molecule has 0 spiro atoms. The van der Waals surface area contributed by atoms with E-state index in [0.29, 0.717) is 30.4 Å². The van der Waals surface area contributed by atoms with Crippen molar-refractivity contribution in [1.29, 1.82) is 0 Å². The van der Waals surface area contributed by atoms with E-state index >= 15 is 0 Å². The fourth-order valence-electron chi connectivity index (χ4n) is 7.95. The smallest absolute Gasteiger partial charge is 0.465 e. The number of hydrogen-bond acceptors (Lipinski definition) is 8. The normalized spacial score (nSPS) is 12.8. The minimum absolute atomic E-state index is 0.0420. The van der Waals surface area contributed by atoms with Crippen LogP contribution < -0.4 is 10.6 Å². The molecule has 0 bridgehead atoms. The highest BCUT2D eigenvalue weighted by Crippen LogP contribution is 2.48. The quantitative estimate of drug-likeness (QED) is 0.0267. The van der Waals surface area contributed by atoms with Crippen LogP contribution in [-0.4, -0.2) is 122 Å². The van der Waals surface area contributed by atoms with Crippen molar-refractivity contribution in [3.8, 4) is 0 Å². The Morgan fingerprint density at radius 3 is 1.22 bits per heavy atom. The van der Waals surface area contributed by atoms with Crippen LogP contribution >= 0.6 is 7.82 Å². The van der Waals surface area contributed by atoms with Crippen LogP contribution in [0.3, 0.4) is 0 Å². The van der Waals surface area contributed by atoms with Crippen molar-refractivity contribution in [3.05, 3.63) is 0 Å². The molecule has 0 saturated heterocycles. The number of nitrogens with one attached hydrogen (secondary N) is 2. The fraction of sp³-hybridized carbons (Fsp3) is 0.946. The summed E-state index contributed by atoms with van der Waals surface area (Å²) in [6, 6.07) is -0.540.